The molecule has 0 bridgehead atoms. The molecule has 1 fully saturated rings. The van der Waals surface area contributed by atoms with E-state index in [9.17, 15) is 12.8 Å². The molecule has 0 aromatic heterocycles. The maximum atomic E-state index is 12.2. The van der Waals surface area contributed by atoms with Gasteiger partial charge in [0.15, 0.2) is 0 Å². The molecule has 0 aromatic rings. The molecule has 2 aliphatic heterocycles. The number of alkyl halides is 1. The van der Waals surface area contributed by atoms with E-state index in [2.05, 4.69) is 9.71 Å². The molecule has 0 amide bonds. The molecule has 0 radical (unpaired) electrons. The van der Waals surface area contributed by atoms with Gasteiger partial charge in [-0.1, -0.05) is 0 Å². The third-order valence-corrected chi connectivity index (χ3v) is 4.07. The van der Waals surface area contributed by atoms with Gasteiger partial charge >= 0.3 is 0 Å². The number of sulfonamides is 1. The Hall–Kier alpha value is -0.950. The van der Waals surface area contributed by atoms with E-state index < -0.39 is 16.0 Å². The monoisotopic (exact) mass is 261 g/mol. The zero-order valence-electron chi connectivity index (χ0n) is 9.90. The first kappa shape index (κ1) is 12.5. The van der Waals surface area contributed by atoms with Crippen molar-refractivity contribution >= 4 is 15.9 Å². The standard InChI is InChI=1S/C10H16FN3O2S/c1-7-4-12-8(2)14-5-9(3-10(7)14)13-17(15,16)6-11/h9,13H,3-6H2,1-2H3. The van der Waals surface area contributed by atoms with Gasteiger partial charge in [-0.2, -0.15) is 0 Å². The van der Waals surface area contributed by atoms with Crippen LogP contribution < -0.4 is 4.72 Å². The number of nitrogens with zero attached hydrogens (tertiary/aromatic N) is 2. The lowest BCUT2D eigenvalue weighted by Gasteiger charge is -2.25. The van der Waals surface area contributed by atoms with Crippen molar-refractivity contribution in [3.05, 3.63) is 11.3 Å². The van der Waals surface area contributed by atoms with Crippen molar-refractivity contribution in [1.82, 2.24) is 9.62 Å². The van der Waals surface area contributed by atoms with E-state index in [1.807, 2.05) is 18.7 Å². The average Bonchev–Trinajstić information content (AvgIpc) is 2.68. The fraction of sp³-hybridized carbons (Fsp3) is 0.700. The number of fused-ring (bicyclic) bond motifs is 1. The Balaban J connectivity index is 2.14. The smallest absolute Gasteiger partial charge is 0.241 e. The van der Waals surface area contributed by atoms with Gasteiger partial charge in [0, 0.05) is 24.7 Å². The topological polar surface area (TPSA) is 61.8 Å². The van der Waals surface area contributed by atoms with Crippen LogP contribution in [0.4, 0.5) is 4.39 Å². The molecule has 1 N–H and O–H groups in total. The molecular formula is C10H16FN3O2S. The van der Waals surface area contributed by atoms with Crippen LogP contribution in [0.15, 0.2) is 16.3 Å². The Morgan fingerprint density at radius 3 is 2.82 bits per heavy atom. The highest BCUT2D eigenvalue weighted by atomic mass is 32.2. The summed E-state index contributed by atoms with van der Waals surface area (Å²) in [6.07, 6.45) is 0.609. The van der Waals surface area contributed by atoms with Crippen molar-refractivity contribution in [1.29, 1.82) is 0 Å². The Morgan fingerprint density at radius 2 is 2.24 bits per heavy atom. The molecule has 2 aliphatic rings. The molecule has 0 aliphatic carbocycles. The summed E-state index contributed by atoms with van der Waals surface area (Å²) in [6.45, 7) is 5.09. The lowest BCUT2D eigenvalue weighted by atomic mass is 10.1. The van der Waals surface area contributed by atoms with Crippen LogP contribution in [0.25, 0.3) is 0 Å². The number of nitrogens with one attached hydrogen (secondary N) is 1. The molecular weight excluding hydrogens is 245 g/mol. The summed E-state index contributed by atoms with van der Waals surface area (Å²) in [5.41, 5.74) is 2.27. The molecule has 1 saturated heterocycles. The molecule has 17 heavy (non-hydrogen) atoms. The van der Waals surface area contributed by atoms with Crippen molar-refractivity contribution in [2.75, 3.05) is 19.1 Å². The van der Waals surface area contributed by atoms with Crippen molar-refractivity contribution < 1.29 is 12.8 Å². The van der Waals surface area contributed by atoms with Crippen LogP contribution in [0.5, 0.6) is 0 Å². The summed E-state index contributed by atoms with van der Waals surface area (Å²) in [6, 6.07) is -1.63. The predicted molar refractivity (Wildman–Crippen MR) is 63.8 cm³/mol. The van der Waals surface area contributed by atoms with E-state index in [0.717, 1.165) is 17.1 Å². The largest absolute Gasteiger partial charge is 0.332 e. The normalized spacial score (nSPS) is 25.0. The second-order valence-electron chi connectivity index (χ2n) is 4.44. The molecule has 7 heteroatoms. The van der Waals surface area contributed by atoms with Gasteiger partial charge in [-0.3, -0.25) is 4.99 Å². The van der Waals surface area contributed by atoms with Crippen LogP contribution in [0.2, 0.25) is 0 Å². The Morgan fingerprint density at radius 1 is 1.53 bits per heavy atom. The van der Waals surface area contributed by atoms with Crippen LogP contribution in [-0.2, 0) is 10.0 Å². The van der Waals surface area contributed by atoms with E-state index in [1.54, 1.807) is 0 Å². The predicted octanol–water partition coefficient (Wildman–Crippen LogP) is 0.613. The minimum Gasteiger partial charge on any atom is -0.332 e. The Bertz CT molecular complexity index is 484. The van der Waals surface area contributed by atoms with Gasteiger partial charge in [0.05, 0.1) is 6.54 Å². The maximum Gasteiger partial charge on any atom is 0.241 e. The van der Waals surface area contributed by atoms with Crippen LogP contribution in [-0.4, -0.2) is 44.3 Å². The van der Waals surface area contributed by atoms with Crippen molar-refractivity contribution in [3.63, 3.8) is 0 Å². The van der Waals surface area contributed by atoms with Gasteiger partial charge in [-0.25, -0.2) is 17.5 Å². The van der Waals surface area contributed by atoms with Crippen LogP contribution >= 0.6 is 0 Å². The number of hydrogen-bond acceptors (Lipinski definition) is 4. The first-order valence-electron chi connectivity index (χ1n) is 5.46. The third kappa shape index (κ3) is 2.50. The van der Waals surface area contributed by atoms with Crippen LogP contribution in [0, 0.1) is 0 Å². The van der Waals surface area contributed by atoms with Gasteiger partial charge < -0.3 is 4.90 Å². The lowest BCUT2D eigenvalue weighted by molar-refractivity contribution is 0.495. The molecule has 2 rings (SSSR count). The summed E-state index contributed by atoms with van der Waals surface area (Å²) in [7, 11) is -3.79. The summed E-state index contributed by atoms with van der Waals surface area (Å²) in [5.74, 6) is 0.896. The number of halogens is 1. The zero-order valence-corrected chi connectivity index (χ0v) is 10.7. The summed E-state index contributed by atoms with van der Waals surface area (Å²) >= 11 is 0. The first-order chi connectivity index (χ1) is 7.93. The van der Waals surface area contributed by atoms with E-state index in [4.69, 9.17) is 0 Å². The van der Waals surface area contributed by atoms with Crippen molar-refractivity contribution in [3.8, 4) is 0 Å². The van der Waals surface area contributed by atoms with E-state index in [0.29, 0.717) is 19.5 Å². The highest BCUT2D eigenvalue weighted by molar-refractivity contribution is 7.89. The number of aliphatic imine (C=N–C) groups is 1. The molecule has 1 unspecified atom stereocenters. The van der Waals surface area contributed by atoms with E-state index >= 15 is 0 Å². The van der Waals surface area contributed by atoms with Gasteiger partial charge in [0.25, 0.3) is 0 Å². The van der Waals surface area contributed by atoms with Gasteiger partial charge in [0.1, 0.15) is 5.84 Å². The Kier molecular flexibility index (Phi) is 3.22. The Labute approximate surface area is 100 Å². The SMILES string of the molecule is CC1=NCC(C)=C2CC(NS(=O)(=O)CF)CN12. The molecule has 96 valence electrons. The zero-order chi connectivity index (χ0) is 12.6. The summed E-state index contributed by atoms with van der Waals surface area (Å²) in [5, 5.41) is 0. The minimum absolute atomic E-state index is 0.260. The van der Waals surface area contributed by atoms with Gasteiger partial charge in [-0.15, -0.1) is 0 Å². The quantitative estimate of drug-likeness (QED) is 0.810. The fourth-order valence-corrected chi connectivity index (χ4v) is 2.97. The molecule has 0 aromatic carbocycles. The molecule has 1 atom stereocenters. The highest BCUT2D eigenvalue weighted by Gasteiger charge is 2.33. The average molecular weight is 261 g/mol. The number of hydrogen-bond donors (Lipinski definition) is 1. The van der Waals surface area contributed by atoms with E-state index in [1.165, 1.54) is 0 Å². The van der Waals surface area contributed by atoms with Gasteiger partial charge in [0.2, 0.25) is 16.0 Å². The minimum atomic E-state index is -3.79. The highest BCUT2D eigenvalue weighted by Crippen LogP contribution is 2.28. The molecule has 0 spiro atoms. The first-order valence-corrected chi connectivity index (χ1v) is 7.11. The molecule has 5 nitrogen and oxygen atoms in total. The number of rotatable bonds is 3. The van der Waals surface area contributed by atoms with Gasteiger partial charge in [-0.05, 0) is 19.4 Å². The number of amidine groups is 1. The second-order valence-corrected chi connectivity index (χ2v) is 6.13. The lowest BCUT2D eigenvalue weighted by Crippen LogP contribution is -2.38. The van der Waals surface area contributed by atoms with Crippen LogP contribution in [0.3, 0.4) is 0 Å². The summed E-state index contributed by atoms with van der Waals surface area (Å²) < 4.78 is 37.0. The summed E-state index contributed by atoms with van der Waals surface area (Å²) in [4.78, 5) is 6.34. The molecule has 0 saturated carbocycles. The van der Waals surface area contributed by atoms with Crippen molar-refractivity contribution in [2.24, 2.45) is 4.99 Å². The van der Waals surface area contributed by atoms with E-state index in [-0.39, 0.29) is 6.04 Å². The second kappa shape index (κ2) is 4.38. The van der Waals surface area contributed by atoms with Crippen molar-refractivity contribution in [2.45, 2.75) is 26.3 Å². The third-order valence-electron chi connectivity index (χ3n) is 3.09. The maximum absolute atomic E-state index is 12.2. The van der Waals surface area contributed by atoms with Crippen LogP contribution in [0.1, 0.15) is 20.3 Å². The molecule has 2 heterocycles. The fourth-order valence-electron chi connectivity index (χ4n) is 2.24.